The molecule has 5 heteroatoms. The van der Waals surface area contributed by atoms with Crippen LogP contribution in [0.3, 0.4) is 0 Å². The first-order valence-corrected chi connectivity index (χ1v) is 6.13. The van der Waals surface area contributed by atoms with Gasteiger partial charge >= 0.3 is 0 Å². The summed E-state index contributed by atoms with van der Waals surface area (Å²) in [4.78, 5) is 25.0. The van der Waals surface area contributed by atoms with Crippen LogP contribution < -0.4 is 11.1 Å². The average Bonchev–Trinajstić information content (AvgIpc) is 2.22. The van der Waals surface area contributed by atoms with Crippen molar-refractivity contribution >= 4 is 11.8 Å². The molecule has 0 heterocycles. The molecule has 0 aliphatic heterocycles. The van der Waals surface area contributed by atoms with Crippen molar-refractivity contribution in [1.29, 1.82) is 0 Å². The number of hydrogen-bond donors (Lipinski definition) is 2. The van der Waals surface area contributed by atoms with Gasteiger partial charge in [0.05, 0.1) is 12.6 Å². The summed E-state index contributed by atoms with van der Waals surface area (Å²) in [5.41, 5.74) is 5.79. The van der Waals surface area contributed by atoms with E-state index >= 15 is 0 Å². The van der Waals surface area contributed by atoms with Crippen LogP contribution in [0.1, 0.15) is 34.6 Å². The van der Waals surface area contributed by atoms with E-state index in [4.69, 9.17) is 5.73 Å². The smallest absolute Gasteiger partial charge is 0.240 e. The van der Waals surface area contributed by atoms with Crippen molar-refractivity contribution in [3.63, 3.8) is 0 Å². The second-order valence-electron chi connectivity index (χ2n) is 4.84. The van der Waals surface area contributed by atoms with Gasteiger partial charge in [0.1, 0.15) is 0 Å². The van der Waals surface area contributed by atoms with E-state index in [0.717, 1.165) is 0 Å². The van der Waals surface area contributed by atoms with Gasteiger partial charge in [-0.05, 0) is 26.7 Å². The Balaban J connectivity index is 4.42. The summed E-state index contributed by atoms with van der Waals surface area (Å²) in [7, 11) is 0. The van der Waals surface area contributed by atoms with E-state index in [9.17, 15) is 9.59 Å². The van der Waals surface area contributed by atoms with Gasteiger partial charge in [-0.2, -0.15) is 0 Å². The maximum atomic E-state index is 12.0. The zero-order valence-electron chi connectivity index (χ0n) is 11.5. The second-order valence-corrected chi connectivity index (χ2v) is 4.84. The van der Waals surface area contributed by atoms with Crippen LogP contribution in [0.4, 0.5) is 0 Å². The van der Waals surface area contributed by atoms with Crippen molar-refractivity contribution in [3.8, 4) is 0 Å². The van der Waals surface area contributed by atoms with Crippen LogP contribution in [-0.4, -0.2) is 41.9 Å². The quantitative estimate of drug-likeness (QED) is 0.706. The molecule has 0 saturated carbocycles. The second kappa shape index (κ2) is 7.27. The predicted molar refractivity (Wildman–Crippen MR) is 68.3 cm³/mol. The molecular formula is C12H25N3O2. The van der Waals surface area contributed by atoms with E-state index in [1.165, 1.54) is 4.90 Å². The number of amides is 2. The molecule has 0 aliphatic carbocycles. The van der Waals surface area contributed by atoms with Gasteiger partial charge in [-0.25, -0.2) is 0 Å². The lowest BCUT2D eigenvalue weighted by molar-refractivity contribution is -0.137. The molecule has 100 valence electrons. The number of carbonyl (C=O) groups excluding carboxylic acids is 2. The molecule has 17 heavy (non-hydrogen) atoms. The first-order valence-electron chi connectivity index (χ1n) is 6.13. The van der Waals surface area contributed by atoms with Crippen LogP contribution in [0.2, 0.25) is 0 Å². The van der Waals surface area contributed by atoms with Gasteiger partial charge in [0.25, 0.3) is 0 Å². The standard InChI is InChI=1S/C12H25N3O2/c1-6-15(7-10(16)14-9(4)5)12(17)11(13)8(2)3/h8-9,11H,6-7,13H2,1-5H3,(H,14,16). The highest BCUT2D eigenvalue weighted by Crippen LogP contribution is 2.03. The number of likely N-dealkylation sites (N-methyl/N-ethyl adjacent to an activating group) is 1. The van der Waals surface area contributed by atoms with Gasteiger partial charge in [0.2, 0.25) is 11.8 Å². The van der Waals surface area contributed by atoms with E-state index in [-0.39, 0.29) is 30.3 Å². The predicted octanol–water partition coefficient (Wildman–Crippen LogP) is 0.343. The van der Waals surface area contributed by atoms with Crippen LogP contribution >= 0.6 is 0 Å². The van der Waals surface area contributed by atoms with E-state index in [1.807, 2.05) is 34.6 Å². The van der Waals surface area contributed by atoms with Gasteiger partial charge in [-0.15, -0.1) is 0 Å². The fourth-order valence-electron chi connectivity index (χ4n) is 1.38. The number of hydrogen-bond acceptors (Lipinski definition) is 3. The molecule has 0 spiro atoms. The molecule has 0 bridgehead atoms. The molecule has 0 radical (unpaired) electrons. The van der Waals surface area contributed by atoms with Crippen molar-refractivity contribution < 1.29 is 9.59 Å². The lowest BCUT2D eigenvalue weighted by atomic mass is 10.0. The van der Waals surface area contributed by atoms with Gasteiger partial charge in [0.15, 0.2) is 0 Å². The van der Waals surface area contributed by atoms with Crippen molar-refractivity contribution in [2.45, 2.75) is 46.7 Å². The number of nitrogens with two attached hydrogens (primary N) is 1. The van der Waals surface area contributed by atoms with Crippen molar-refractivity contribution in [2.75, 3.05) is 13.1 Å². The zero-order valence-corrected chi connectivity index (χ0v) is 11.5. The molecule has 0 aromatic heterocycles. The Morgan fingerprint density at radius 1 is 1.24 bits per heavy atom. The van der Waals surface area contributed by atoms with E-state index in [0.29, 0.717) is 6.54 Å². The highest BCUT2D eigenvalue weighted by atomic mass is 16.2. The third-order valence-corrected chi connectivity index (χ3v) is 2.48. The Hall–Kier alpha value is -1.10. The van der Waals surface area contributed by atoms with Crippen molar-refractivity contribution in [1.82, 2.24) is 10.2 Å². The summed E-state index contributed by atoms with van der Waals surface area (Å²) in [6.45, 7) is 9.97. The maximum Gasteiger partial charge on any atom is 0.240 e. The zero-order chi connectivity index (χ0) is 13.6. The van der Waals surface area contributed by atoms with Gasteiger partial charge in [-0.3, -0.25) is 9.59 Å². The van der Waals surface area contributed by atoms with Gasteiger partial charge in [0, 0.05) is 12.6 Å². The first kappa shape index (κ1) is 15.9. The molecule has 3 N–H and O–H groups in total. The van der Waals surface area contributed by atoms with Crippen LogP contribution in [0.15, 0.2) is 0 Å². The van der Waals surface area contributed by atoms with Crippen LogP contribution in [0.5, 0.6) is 0 Å². The molecule has 1 unspecified atom stereocenters. The van der Waals surface area contributed by atoms with Crippen LogP contribution in [0.25, 0.3) is 0 Å². The lowest BCUT2D eigenvalue weighted by Gasteiger charge is -2.25. The van der Waals surface area contributed by atoms with Gasteiger partial charge < -0.3 is 16.0 Å². The minimum atomic E-state index is -0.540. The summed E-state index contributed by atoms with van der Waals surface area (Å²) >= 11 is 0. The molecular weight excluding hydrogens is 218 g/mol. The summed E-state index contributed by atoms with van der Waals surface area (Å²) < 4.78 is 0. The minimum Gasteiger partial charge on any atom is -0.352 e. The van der Waals surface area contributed by atoms with Crippen LogP contribution in [-0.2, 0) is 9.59 Å². The number of nitrogens with one attached hydrogen (secondary N) is 1. The first-order chi connectivity index (χ1) is 7.79. The van der Waals surface area contributed by atoms with Gasteiger partial charge in [-0.1, -0.05) is 13.8 Å². The topological polar surface area (TPSA) is 75.4 Å². The van der Waals surface area contributed by atoms with E-state index in [1.54, 1.807) is 0 Å². The largest absolute Gasteiger partial charge is 0.352 e. The molecule has 0 aliphatic rings. The maximum absolute atomic E-state index is 12.0. The molecule has 0 rings (SSSR count). The lowest BCUT2D eigenvalue weighted by Crippen LogP contribution is -2.50. The third kappa shape index (κ3) is 5.68. The van der Waals surface area contributed by atoms with E-state index < -0.39 is 6.04 Å². The fourth-order valence-corrected chi connectivity index (χ4v) is 1.38. The van der Waals surface area contributed by atoms with Crippen molar-refractivity contribution in [3.05, 3.63) is 0 Å². The molecule has 0 fully saturated rings. The van der Waals surface area contributed by atoms with Crippen molar-refractivity contribution in [2.24, 2.45) is 11.7 Å². The normalized spacial score (nSPS) is 12.7. The Labute approximate surface area is 104 Å². The fraction of sp³-hybridized carbons (Fsp3) is 0.833. The highest BCUT2D eigenvalue weighted by molar-refractivity contribution is 5.87. The summed E-state index contributed by atoms with van der Waals surface area (Å²) in [5, 5.41) is 2.76. The molecule has 0 saturated heterocycles. The number of rotatable bonds is 6. The molecule has 1 atom stereocenters. The highest BCUT2D eigenvalue weighted by Gasteiger charge is 2.24. The number of nitrogens with zero attached hydrogens (tertiary/aromatic N) is 1. The summed E-state index contributed by atoms with van der Waals surface area (Å²) in [6.07, 6.45) is 0. The number of carbonyl (C=O) groups is 2. The van der Waals surface area contributed by atoms with E-state index in [2.05, 4.69) is 5.32 Å². The summed E-state index contributed by atoms with van der Waals surface area (Å²) in [5.74, 6) is -0.239. The average molecular weight is 243 g/mol. The molecule has 2 amide bonds. The SMILES string of the molecule is CCN(CC(=O)NC(C)C)C(=O)C(N)C(C)C. The summed E-state index contributed by atoms with van der Waals surface area (Å²) in [6, 6.07) is -0.461. The Morgan fingerprint density at radius 3 is 2.12 bits per heavy atom. The molecule has 0 aromatic rings. The van der Waals surface area contributed by atoms with Crippen LogP contribution in [0, 0.1) is 5.92 Å². The monoisotopic (exact) mass is 243 g/mol. The Bertz CT molecular complexity index is 264. The Morgan fingerprint density at radius 2 is 1.76 bits per heavy atom. The third-order valence-electron chi connectivity index (χ3n) is 2.48. The molecule has 5 nitrogen and oxygen atoms in total. The minimum absolute atomic E-state index is 0.0738. The Kier molecular flexibility index (Phi) is 6.80. The molecule has 0 aromatic carbocycles.